The van der Waals surface area contributed by atoms with E-state index in [0.717, 1.165) is 11.1 Å². The summed E-state index contributed by atoms with van der Waals surface area (Å²) in [5, 5.41) is 11.5. The van der Waals surface area contributed by atoms with E-state index in [1.165, 1.54) is 12.1 Å². The molecule has 0 saturated heterocycles. The van der Waals surface area contributed by atoms with Crippen LogP contribution in [0.1, 0.15) is 11.1 Å². The van der Waals surface area contributed by atoms with E-state index in [9.17, 15) is 8.42 Å². The van der Waals surface area contributed by atoms with Crippen molar-refractivity contribution in [3.05, 3.63) is 53.6 Å². The maximum Gasteiger partial charge on any atom is 0.238 e. The number of guanidine groups is 1. The van der Waals surface area contributed by atoms with Crippen molar-refractivity contribution in [3.8, 4) is 11.5 Å². The summed E-state index contributed by atoms with van der Waals surface area (Å²) in [6.07, 6.45) is 0. The van der Waals surface area contributed by atoms with Crippen molar-refractivity contribution < 1.29 is 17.9 Å². The Labute approximate surface area is 159 Å². The molecule has 2 aromatic carbocycles. The van der Waals surface area contributed by atoms with Gasteiger partial charge in [0.15, 0.2) is 5.96 Å². The monoisotopic (exact) mass is 392 g/mol. The number of nitrogens with two attached hydrogens (primary N) is 1. The minimum Gasteiger partial charge on any atom is -0.497 e. The van der Waals surface area contributed by atoms with Gasteiger partial charge in [-0.3, -0.25) is 4.99 Å². The molecule has 0 aliphatic heterocycles. The number of nitrogens with zero attached hydrogens (tertiary/aromatic N) is 1. The summed E-state index contributed by atoms with van der Waals surface area (Å²) in [4.78, 5) is 4.24. The molecule has 4 N–H and O–H groups in total. The van der Waals surface area contributed by atoms with E-state index in [4.69, 9.17) is 14.6 Å². The Hall–Kier alpha value is -2.78. The predicted octanol–water partition coefficient (Wildman–Crippen LogP) is 1.22. The van der Waals surface area contributed by atoms with Gasteiger partial charge in [0.25, 0.3) is 0 Å². The van der Waals surface area contributed by atoms with Gasteiger partial charge in [0.1, 0.15) is 11.5 Å². The van der Waals surface area contributed by atoms with Crippen LogP contribution in [-0.4, -0.2) is 35.6 Å². The molecule has 0 radical (unpaired) electrons. The smallest absolute Gasteiger partial charge is 0.238 e. The maximum atomic E-state index is 11.4. The third kappa shape index (κ3) is 5.87. The Kier molecular flexibility index (Phi) is 7.03. The highest BCUT2D eigenvalue weighted by Crippen LogP contribution is 2.24. The summed E-state index contributed by atoms with van der Waals surface area (Å²) in [7, 11) is 1.13. The quantitative estimate of drug-likeness (QED) is 0.482. The summed E-state index contributed by atoms with van der Waals surface area (Å²) >= 11 is 0. The molecule has 0 aliphatic carbocycles. The summed E-state index contributed by atoms with van der Waals surface area (Å²) in [5.41, 5.74) is 1.71. The molecular formula is C18H24N4O4S. The van der Waals surface area contributed by atoms with Gasteiger partial charge in [-0.1, -0.05) is 12.1 Å². The lowest BCUT2D eigenvalue weighted by atomic mass is 10.2. The fraction of sp³-hybridized carbons (Fsp3) is 0.278. The maximum absolute atomic E-state index is 11.4. The molecule has 0 atom stereocenters. The normalized spacial score (nSPS) is 11.8. The molecule has 0 saturated carbocycles. The summed E-state index contributed by atoms with van der Waals surface area (Å²) in [6.45, 7) is 0.882. The molecule has 0 bridgehead atoms. The fourth-order valence-electron chi connectivity index (χ4n) is 2.42. The molecular weight excluding hydrogens is 368 g/mol. The van der Waals surface area contributed by atoms with Crippen LogP contribution in [0.15, 0.2) is 52.4 Å². The number of ether oxygens (including phenoxy) is 2. The van der Waals surface area contributed by atoms with Crippen molar-refractivity contribution in [1.29, 1.82) is 0 Å². The minimum absolute atomic E-state index is 0.0766. The van der Waals surface area contributed by atoms with Crippen LogP contribution in [-0.2, 0) is 23.1 Å². The molecule has 9 heteroatoms. The molecule has 27 heavy (non-hydrogen) atoms. The van der Waals surface area contributed by atoms with Gasteiger partial charge in [0.2, 0.25) is 10.0 Å². The third-order valence-corrected chi connectivity index (χ3v) is 4.76. The summed E-state index contributed by atoms with van der Waals surface area (Å²) < 4.78 is 33.5. The molecule has 0 unspecified atom stereocenters. The number of sulfonamides is 1. The lowest BCUT2D eigenvalue weighted by Crippen LogP contribution is -2.36. The summed E-state index contributed by atoms with van der Waals surface area (Å²) in [5.74, 6) is 1.99. The third-order valence-electron chi connectivity index (χ3n) is 3.85. The Morgan fingerprint density at radius 1 is 1.07 bits per heavy atom. The predicted molar refractivity (Wildman–Crippen MR) is 104 cm³/mol. The minimum atomic E-state index is -3.73. The van der Waals surface area contributed by atoms with E-state index in [1.54, 1.807) is 27.3 Å². The second kappa shape index (κ2) is 9.24. The lowest BCUT2D eigenvalue weighted by Gasteiger charge is -2.14. The Morgan fingerprint density at radius 3 is 2.44 bits per heavy atom. The van der Waals surface area contributed by atoms with Gasteiger partial charge >= 0.3 is 0 Å². The van der Waals surface area contributed by atoms with Gasteiger partial charge in [-0.15, -0.1) is 0 Å². The zero-order valence-electron chi connectivity index (χ0n) is 15.5. The van der Waals surface area contributed by atoms with Crippen molar-refractivity contribution in [2.75, 3.05) is 21.3 Å². The van der Waals surface area contributed by atoms with Crippen molar-refractivity contribution in [1.82, 2.24) is 10.6 Å². The second-order valence-corrected chi connectivity index (χ2v) is 7.21. The van der Waals surface area contributed by atoms with E-state index in [1.807, 2.05) is 24.3 Å². The lowest BCUT2D eigenvalue weighted by molar-refractivity contribution is 0.390. The number of aliphatic imine (C=N–C) groups is 1. The first-order chi connectivity index (χ1) is 12.9. The van der Waals surface area contributed by atoms with E-state index < -0.39 is 10.0 Å². The van der Waals surface area contributed by atoms with Crippen LogP contribution in [0.2, 0.25) is 0 Å². The molecule has 2 aromatic rings. The first-order valence-electron chi connectivity index (χ1n) is 8.14. The average molecular weight is 392 g/mol. The van der Waals surface area contributed by atoms with Crippen LogP contribution in [0, 0.1) is 0 Å². The van der Waals surface area contributed by atoms with Gasteiger partial charge in [-0.2, -0.15) is 0 Å². The van der Waals surface area contributed by atoms with Crippen molar-refractivity contribution in [3.63, 3.8) is 0 Å². The highest BCUT2D eigenvalue weighted by molar-refractivity contribution is 7.89. The number of benzene rings is 2. The topological polar surface area (TPSA) is 115 Å². The molecule has 146 valence electrons. The Bertz CT molecular complexity index is 913. The zero-order chi connectivity index (χ0) is 19.9. The van der Waals surface area contributed by atoms with E-state index in [0.29, 0.717) is 30.5 Å². The molecule has 0 aromatic heterocycles. The first-order valence-corrected chi connectivity index (χ1v) is 9.69. The molecule has 0 fully saturated rings. The number of primary sulfonamides is 1. The van der Waals surface area contributed by atoms with Gasteiger partial charge in [0.05, 0.1) is 19.1 Å². The fourth-order valence-corrected chi connectivity index (χ4v) is 3.00. The van der Waals surface area contributed by atoms with Crippen molar-refractivity contribution in [2.45, 2.75) is 18.0 Å². The van der Waals surface area contributed by atoms with Gasteiger partial charge in [-0.05, 0) is 29.8 Å². The molecule has 2 rings (SSSR count). The van der Waals surface area contributed by atoms with Crippen LogP contribution in [0.25, 0.3) is 0 Å². The number of rotatable bonds is 7. The number of hydrogen-bond acceptors (Lipinski definition) is 5. The highest BCUT2D eigenvalue weighted by Gasteiger charge is 2.09. The largest absolute Gasteiger partial charge is 0.497 e. The van der Waals surface area contributed by atoms with Crippen LogP contribution in [0.4, 0.5) is 0 Å². The number of hydrogen-bond donors (Lipinski definition) is 3. The van der Waals surface area contributed by atoms with E-state index >= 15 is 0 Å². The average Bonchev–Trinajstić information content (AvgIpc) is 2.67. The van der Waals surface area contributed by atoms with Gasteiger partial charge in [0, 0.05) is 31.8 Å². The second-order valence-electron chi connectivity index (χ2n) is 5.65. The molecule has 0 heterocycles. The highest BCUT2D eigenvalue weighted by atomic mass is 32.2. The van der Waals surface area contributed by atoms with Gasteiger partial charge < -0.3 is 20.1 Å². The van der Waals surface area contributed by atoms with E-state index in [2.05, 4.69) is 15.6 Å². The van der Waals surface area contributed by atoms with E-state index in [-0.39, 0.29) is 4.90 Å². The first kappa shape index (κ1) is 20.5. The Balaban J connectivity index is 1.99. The molecule has 0 aliphatic rings. The van der Waals surface area contributed by atoms with Crippen molar-refractivity contribution >= 4 is 16.0 Å². The molecule has 8 nitrogen and oxygen atoms in total. The zero-order valence-corrected chi connectivity index (χ0v) is 16.3. The van der Waals surface area contributed by atoms with Gasteiger partial charge in [-0.25, -0.2) is 13.6 Å². The van der Waals surface area contributed by atoms with Crippen LogP contribution in [0.5, 0.6) is 11.5 Å². The Morgan fingerprint density at radius 2 is 1.81 bits per heavy atom. The van der Waals surface area contributed by atoms with Crippen LogP contribution >= 0.6 is 0 Å². The molecule has 0 amide bonds. The van der Waals surface area contributed by atoms with Crippen molar-refractivity contribution in [2.24, 2.45) is 10.1 Å². The van der Waals surface area contributed by atoms with Crippen LogP contribution in [0.3, 0.4) is 0 Å². The SMILES string of the molecule is CN=C(NCc1cccc(S(N)(=O)=O)c1)NCc1ccc(OC)cc1OC. The number of methoxy groups -OCH3 is 2. The summed E-state index contributed by atoms with van der Waals surface area (Å²) in [6, 6.07) is 12.0. The van der Waals surface area contributed by atoms with Crippen LogP contribution < -0.4 is 25.2 Å². The number of nitrogens with one attached hydrogen (secondary N) is 2. The standard InChI is InChI=1S/C18H24N4O4S/c1-20-18(21-11-13-5-4-6-16(9-13)27(19,23)24)22-12-14-7-8-15(25-2)10-17(14)26-3/h4-10H,11-12H2,1-3H3,(H2,19,23,24)(H2,20,21,22). The molecule has 0 spiro atoms.